The van der Waals surface area contributed by atoms with Gasteiger partial charge in [0.05, 0.1) is 12.0 Å². The van der Waals surface area contributed by atoms with Gasteiger partial charge in [-0.25, -0.2) is 8.42 Å². The summed E-state index contributed by atoms with van der Waals surface area (Å²) in [6.45, 7) is 5.41. The van der Waals surface area contributed by atoms with Gasteiger partial charge in [-0.05, 0) is 41.3 Å². The summed E-state index contributed by atoms with van der Waals surface area (Å²) in [4.78, 5) is 30.3. The maximum absolute atomic E-state index is 13.6. The Morgan fingerprint density at radius 2 is 1.60 bits per heavy atom. The van der Waals surface area contributed by atoms with E-state index in [2.05, 4.69) is 0 Å². The number of carbonyl (C=O) groups is 2. The molecule has 2 aliphatic rings. The number of hydrogen-bond donors (Lipinski definition) is 0. The first-order valence-electron chi connectivity index (χ1n) is 12.0. The minimum absolute atomic E-state index is 0.0198. The molecule has 2 heterocycles. The Bertz CT molecular complexity index is 1170. The Balaban J connectivity index is 1.47. The first kappa shape index (κ1) is 25.2. The maximum atomic E-state index is 13.6. The fourth-order valence-corrected chi connectivity index (χ4v) is 6.15. The zero-order valence-electron chi connectivity index (χ0n) is 20.5. The third-order valence-corrected chi connectivity index (χ3v) is 8.60. The monoisotopic (exact) mass is 499 g/mol. The average Bonchev–Trinajstić information content (AvgIpc) is 2.87. The van der Waals surface area contributed by atoms with E-state index in [9.17, 15) is 18.0 Å². The molecule has 2 aliphatic heterocycles. The van der Waals surface area contributed by atoms with E-state index in [1.807, 2.05) is 38.1 Å². The van der Waals surface area contributed by atoms with Crippen LogP contribution >= 0.6 is 0 Å². The van der Waals surface area contributed by atoms with E-state index < -0.39 is 16.1 Å². The van der Waals surface area contributed by atoms with Crippen LogP contribution in [0.15, 0.2) is 53.4 Å². The Morgan fingerprint density at radius 1 is 0.971 bits per heavy atom. The van der Waals surface area contributed by atoms with Crippen molar-refractivity contribution in [3.63, 3.8) is 0 Å². The lowest BCUT2D eigenvalue weighted by atomic mass is 9.92. The Kier molecular flexibility index (Phi) is 7.47. The number of piperazine rings is 1. The largest absolute Gasteiger partial charge is 0.497 e. The van der Waals surface area contributed by atoms with Crippen LogP contribution in [0.1, 0.15) is 31.4 Å². The summed E-state index contributed by atoms with van der Waals surface area (Å²) in [6.07, 6.45) is 0.864. The van der Waals surface area contributed by atoms with E-state index in [-0.39, 0.29) is 35.7 Å². The van der Waals surface area contributed by atoms with Crippen molar-refractivity contribution in [3.8, 4) is 5.75 Å². The first-order chi connectivity index (χ1) is 16.7. The minimum Gasteiger partial charge on any atom is -0.497 e. The van der Waals surface area contributed by atoms with Crippen molar-refractivity contribution < 1.29 is 22.7 Å². The van der Waals surface area contributed by atoms with E-state index in [1.165, 1.54) is 23.5 Å². The number of ether oxygens (including phenoxy) is 1. The van der Waals surface area contributed by atoms with Crippen LogP contribution in [0, 0.1) is 5.92 Å². The number of sulfonamides is 1. The molecular formula is C26H33N3O5S. The van der Waals surface area contributed by atoms with Crippen LogP contribution in [0.25, 0.3) is 0 Å². The highest BCUT2D eigenvalue weighted by molar-refractivity contribution is 7.89. The molecule has 0 radical (unpaired) electrons. The number of benzene rings is 2. The normalized spacial score (nSPS) is 18.9. The van der Waals surface area contributed by atoms with Crippen LogP contribution in [0.4, 0.5) is 0 Å². The van der Waals surface area contributed by atoms with Gasteiger partial charge in [-0.3, -0.25) is 9.59 Å². The van der Waals surface area contributed by atoms with Gasteiger partial charge in [-0.2, -0.15) is 4.31 Å². The van der Waals surface area contributed by atoms with Crippen LogP contribution in [0.5, 0.6) is 5.75 Å². The molecule has 1 saturated heterocycles. The lowest BCUT2D eigenvalue weighted by molar-refractivity contribution is -0.148. The van der Waals surface area contributed by atoms with Gasteiger partial charge in [0, 0.05) is 45.6 Å². The molecule has 8 nitrogen and oxygen atoms in total. The van der Waals surface area contributed by atoms with Crippen molar-refractivity contribution in [3.05, 3.63) is 59.7 Å². The number of carbonyl (C=O) groups excluding carboxylic acids is 2. The number of rotatable bonds is 6. The van der Waals surface area contributed by atoms with Gasteiger partial charge in [-0.15, -0.1) is 0 Å². The summed E-state index contributed by atoms with van der Waals surface area (Å²) < 4.78 is 32.7. The van der Waals surface area contributed by atoms with Gasteiger partial charge in [0.15, 0.2) is 0 Å². The number of fused-ring (bicyclic) bond motifs is 1. The molecule has 188 valence electrons. The molecule has 9 heteroatoms. The second kappa shape index (κ2) is 10.4. The summed E-state index contributed by atoms with van der Waals surface area (Å²) in [5.41, 5.74) is 2.16. The molecule has 0 bridgehead atoms. The van der Waals surface area contributed by atoms with Crippen molar-refractivity contribution >= 4 is 21.8 Å². The third kappa shape index (κ3) is 5.36. The topological polar surface area (TPSA) is 87.2 Å². The fraction of sp³-hybridized carbons (Fsp3) is 0.462. The molecule has 4 rings (SSSR count). The van der Waals surface area contributed by atoms with Crippen molar-refractivity contribution in [2.24, 2.45) is 5.92 Å². The van der Waals surface area contributed by atoms with Crippen LogP contribution in [0.2, 0.25) is 0 Å². The van der Waals surface area contributed by atoms with E-state index in [1.54, 1.807) is 21.9 Å². The quantitative estimate of drug-likeness (QED) is 0.610. The van der Waals surface area contributed by atoms with Crippen LogP contribution in [-0.2, 0) is 32.6 Å². The minimum atomic E-state index is -3.66. The highest BCUT2D eigenvalue weighted by atomic mass is 32.2. The van der Waals surface area contributed by atoms with Gasteiger partial charge in [-0.1, -0.05) is 38.1 Å². The molecular weight excluding hydrogens is 466 g/mol. The highest BCUT2D eigenvalue weighted by Gasteiger charge is 2.38. The molecule has 2 aromatic rings. The molecule has 1 atom stereocenters. The molecule has 0 aliphatic carbocycles. The molecule has 1 unspecified atom stereocenters. The molecule has 0 saturated carbocycles. The average molecular weight is 500 g/mol. The highest BCUT2D eigenvalue weighted by Crippen LogP contribution is 2.27. The molecule has 0 aromatic heterocycles. The van der Waals surface area contributed by atoms with Crippen LogP contribution < -0.4 is 4.74 Å². The van der Waals surface area contributed by atoms with Gasteiger partial charge in [0.2, 0.25) is 21.8 Å². The predicted molar refractivity (Wildman–Crippen MR) is 132 cm³/mol. The number of methoxy groups -OCH3 is 1. The smallest absolute Gasteiger partial charge is 0.245 e. The van der Waals surface area contributed by atoms with Gasteiger partial charge >= 0.3 is 0 Å². The Labute approximate surface area is 207 Å². The van der Waals surface area contributed by atoms with Gasteiger partial charge in [0.1, 0.15) is 11.8 Å². The van der Waals surface area contributed by atoms with Crippen molar-refractivity contribution in [1.82, 2.24) is 14.1 Å². The second-order valence-corrected chi connectivity index (χ2v) is 11.5. The SMILES string of the molecule is COc1ccc(S(=O)(=O)N2CCN(C(=O)C3Cc4ccccc4CN3C(=O)CC(C)C)CC2)cc1. The number of hydrogen-bond acceptors (Lipinski definition) is 5. The zero-order chi connectivity index (χ0) is 25.2. The van der Waals surface area contributed by atoms with E-state index in [4.69, 9.17) is 4.74 Å². The number of nitrogens with zero attached hydrogens (tertiary/aromatic N) is 3. The summed E-state index contributed by atoms with van der Waals surface area (Å²) in [5.74, 6) is 0.652. The van der Waals surface area contributed by atoms with Crippen molar-refractivity contribution in [2.75, 3.05) is 33.3 Å². The Hall–Kier alpha value is -2.91. The maximum Gasteiger partial charge on any atom is 0.245 e. The van der Waals surface area contributed by atoms with E-state index in [0.29, 0.717) is 38.2 Å². The lowest BCUT2D eigenvalue weighted by Gasteiger charge is -2.41. The zero-order valence-corrected chi connectivity index (χ0v) is 21.3. The van der Waals surface area contributed by atoms with Gasteiger partial charge in [0.25, 0.3) is 0 Å². The van der Waals surface area contributed by atoms with Crippen molar-refractivity contribution in [2.45, 2.75) is 44.2 Å². The lowest BCUT2D eigenvalue weighted by Crippen LogP contribution is -2.58. The third-order valence-electron chi connectivity index (χ3n) is 6.68. The van der Waals surface area contributed by atoms with Gasteiger partial charge < -0.3 is 14.5 Å². The summed E-state index contributed by atoms with van der Waals surface area (Å²) in [5, 5.41) is 0. The van der Waals surface area contributed by atoms with Crippen molar-refractivity contribution in [1.29, 1.82) is 0 Å². The first-order valence-corrected chi connectivity index (χ1v) is 13.4. The van der Waals surface area contributed by atoms with Crippen LogP contribution in [0.3, 0.4) is 0 Å². The molecule has 0 N–H and O–H groups in total. The fourth-order valence-electron chi connectivity index (χ4n) is 4.73. The van der Waals surface area contributed by atoms with E-state index >= 15 is 0 Å². The Morgan fingerprint density at radius 3 is 2.20 bits per heavy atom. The second-order valence-electron chi connectivity index (χ2n) is 9.51. The molecule has 2 amide bonds. The predicted octanol–water partition coefficient (Wildman–Crippen LogP) is 2.53. The summed E-state index contributed by atoms with van der Waals surface area (Å²) >= 11 is 0. The number of amides is 2. The van der Waals surface area contributed by atoms with E-state index in [0.717, 1.165) is 11.1 Å². The molecule has 35 heavy (non-hydrogen) atoms. The summed E-state index contributed by atoms with van der Waals surface area (Å²) in [6, 6.07) is 13.7. The molecule has 1 fully saturated rings. The van der Waals surface area contributed by atoms with Crippen LogP contribution in [-0.4, -0.2) is 73.7 Å². The molecule has 0 spiro atoms. The standard InChI is InChI=1S/C26H33N3O5S/c1-19(2)16-25(30)29-18-21-7-5-4-6-20(21)17-24(29)26(31)27-12-14-28(15-13-27)35(32,33)23-10-8-22(34-3)9-11-23/h4-11,19,24H,12-18H2,1-3H3. The summed E-state index contributed by atoms with van der Waals surface area (Å²) in [7, 11) is -2.13. The molecule has 2 aromatic carbocycles.